The number of ether oxygens (including phenoxy) is 1. The zero-order chi connectivity index (χ0) is 22.9. The van der Waals surface area contributed by atoms with Crippen LogP contribution in [0.1, 0.15) is 34.3 Å². The van der Waals surface area contributed by atoms with E-state index in [9.17, 15) is 9.59 Å². The SMILES string of the molecule is Cc1ccc(CNC(=O)c2cc3c(=O)n4ccccc4nc3[n+](C[C@@H]3CCCO3)c2N)cc1. The number of aryl methyl sites for hydroxylation is 1. The maximum absolute atomic E-state index is 13.3. The van der Waals surface area contributed by atoms with Crippen LogP contribution in [0.2, 0.25) is 0 Å². The van der Waals surface area contributed by atoms with Gasteiger partial charge in [-0.1, -0.05) is 40.9 Å². The fourth-order valence-electron chi connectivity index (χ4n) is 4.24. The summed E-state index contributed by atoms with van der Waals surface area (Å²) in [5.74, 6) is -0.0692. The largest absolute Gasteiger partial charge is 0.375 e. The number of anilines is 1. The van der Waals surface area contributed by atoms with Crippen molar-refractivity contribution >= 4 is 28.4 Å². The summed E-state index contributed by atoms with van der Waals surface area (Å²) >= 11 is 0. The summed E-state index contributed by atoms with van der Waals surface area (Å²) in [4.78, 5) is 31.1. The predicted octanol–water partition coefficient (Wildman–Crippen LogP) is 2.13. The molecular weight excluding hydrogens is 418 g/mol. The number of nitrogens with two attached hydrogens (primary N) is 1. The highest BCUT2D eigenvalue weighted by Crippen LogP contribution is 2.18. The molecule has 5 rings (SSSR count). The van der Waals surface area contributed by atoms with Crippen molar-refractivity contribution < 1.29 is 14.1 Å². The second-order valence-corrected chi connectivity index (χ2v) is 8.44. The van der Waals surface area contributed by atoms with Crippen LogP contribution in [0.15, 0.2) is 59.5 Å². The lowest BCUT2D eigenvalue weighted by atomic mass is 10.1. The van der Waals surface area contributed by atoms with Crippen LogP contribution >= 0.6 is 0 Å². The smallest absolute Gasteiger partial charge is 0.278 e. The first-order valence-electron chi connectivity index (χ1n) is 11.1. The zero-order valence-electron chi connectivity index (χ0n) is 18.5. The van der Waals surface area contributed by atoms with Gasteiger partial charge in [0.05, 0.1) is 12.6 Å². The van der Waals surface area contributed by atoms with Gasteiger partial charge in [-0.3, -0.25) is 14.0 Å². The molecule has 0 unspecified atom stereocenters. The Morgan fingerprint density at radius 2 is 2.09 bits per heavy atom. The average molecular weight is 445 g/mol. The number of nitrogen functional groups attached to an aromatic ring is 1. The van der Waals surface area contributed by atoms with E-state index in [2.05, 4.69) is 5.32 Å². The van der Waals surface area contributed by atoms with Crippen LogP contribution in [0.4, 0.5) is 5.82 Å². The van der Waals surface area contributed by atoms with Crippen LogP contribution in [-0.4, -0.2) is 28.0 Å². The molecule has 0 bridgehead atoms. The Labute approximate surface area is 190 Å². The molecule has 33 heavy (non-hydrogen) atoms. The summed E-state index contributed by atoms with van der Waals surface area (Å²) in [5, 5.41) is 3.26. The van der Waals surface area contributed by atoms with Gasteiger partial charge in [-0.2, -0.15) is 0 Å². The van der Waals surface area contributed by atoms with Crippen molar-refractivity contribution in [3.05, 3.63) is 81.8 Å². The van der Waals surface area contributed by atoms with Crippen LogP contribution in [-0.2, 0) is 17.8 Å². The minimum atomic E-state index is -0.339. The minimum absolute atomic E-state index is 0.0394. The average Bonchev–Trinajstić information content (AvgIpc) is 3.34. The number of nitrogens with zero attached hydrogens (tertiary/aromatic N) is 3. The van der Waals surface area contributed by atoms with Crippen molar-refractivity contribution in [2.75, 3.05) is 12.3 Å². The van der Waals surface area contributed by atoms with Gasteiger partial charge in [0.1, 0.15) is 10.9 Å². The maximum atomic E-state index is 13.3. The molecule has 0 radical (unpaired) electrons. The quantitative estimate of drug-likeness (QED) is 0.363. The third kappa shape index (κ3) is 4.05. The number of rotatable bonds is 5. The van der Waals surface area contributed by atoms with E-state index in [1.807, 2.05) is 37.3 Å². The molecule has 8 heteroatoms. The van der Waals surface area contributed by atoms with Crippen LogP contribution in [0.5, 0.6) is 0 Å². The summed E-state index contributed by atoms with van der Waals surface area (Å²) in [7, 11) is 0. The van der Waals surface area contributed by atoms with Crippen LogP contribution in [0.25, 0.3) is 16.7 Å². The van der Waals surface area contributed by atoms with Crippen molar-refractivity contribution in [1.82, 2.24) is 14.7 Å². The highest BCUT2D eigenvalue weighted by molar-refractivity contribution is 6.00. The normalized spacial score (nSPS) is 15.8. The van der Waals surface area contributed by atoms with E-state index in [4.69, 9.17) is 15.5 Å². The Hall–Kier alpha value is -3.78. The Morgan fingerprint density at radius 1 is 1.27 bits per heavy atom. The van der Waals surface area contributed by atoms with E-state index in [0.717, 1.165) is 24.0 Å². The van der Waals surface area contributed by atoms with Crippen LogP contribution < -0.4 is 21.2 Å². The van der Waals surface area contributed by atoms with Crippen LogP contribution in [0.3, 0.4) is 0 Å². The topological polar surface area (TPSA) is 103 Å². The standard InChI is InChI=1S/C25H25N5O3/c1-16-7-9-17(10-8-16)14-27-24(31)19-13-20-23(28-21-6-2-3-11-29(21)25(20)32)30(22(19)26)15-18-5-4-12-33-18/h2-3,6-11,13,18,26H,4-5,12,14-15H2,1H3,(H,27,31)/p+1/t18-/m0/s1. The second-order valence-electron chi connectivity index (χ2n) is 8.44. The lowest BCUT2D eigenvalue weighted by molar-refractivity contribution is -0.666. The molecule has 1 aliphatic rings. The number of fused-ring (bicyclic) bond motifs is 2. The Balaban J connectivity index is 1.60. The molecule has 4 heterocycles. The Morgan fingerprint density at radius 3 is 2.85 bits per heavy atom. The number of hydrogen-bond donors (Lipinski definition) is 2. The van der Waals surface area contributed by atoms with Gasteiger partial charge in [0.25, 0.3) is 17.1 Å². The second kappa shape index (κ2) is 8.63. The minimum Gasteiger partial charge on any atom is -0.375 e. The van der Waals surface area contributed by atoms with Crippen molar-refractivity contribution in [1.29, 1.82) is 0 Å². The zero-order valence-corrected chi connectivity index (χ0v) is 18.5. The summed E-state index contributed by atoms with van der Waals surface area (Å²) in [6, 6.07) is 14.9. The molecule has 0 saturated carbocycles. The van der Waals surface area contributed by atoms with Gasteiger partial charge in [-0.15, -0.1) is 0 Å². The summed E-state index contributed by atoms with van der Waals surface area (Å²) in [6.07, 6.45) is 3.49. The lowest BCUT2D eigenvalue weighted by Crippen LogP contribution is -2.46. The summed E-state index contributed by atoms with van der Waals surface area (Å²) in [6.45, 7) is 3.49. The van der Waals surface area contributed by atoms with E-state index < -0.39 is 0 Å². The van der Waals surface area contributed by atoms with Crippen molar-refractivity contribution in [3.8, 4) is 0 Å². The molecule has 1 saturated heterocycles. The monoisotopic (exact) mass is 444 g/mol. The number of nitrogens with one attached hydrogen (secondary N) is 1. The number of aromatic nitrogens is 3. The predicted molar refractivity (Wildman–Crippen MR) is 125 cm³/mol. The first-order valence-corrected chi connectivity index (χ1v) is 11.1. The van der Waals surface area contributed by atoms with Gasteiger partial charge >= 0.3 is 0 Å². The Kier molecular flexibility index (Phi) is 5.51. The van der Waals surface area contributed by atoms with E-state index >= 15 is 0 Å². The first-order chi connectivity index (χ1) is 16.0. The molecule has 4 aromatic rings. The van der Waals surface area contributed by atoms with E-state index in [1.54, 1.807) is 29.0 Å². The summed E-state index contributed by atoms with van der Waals surface area (Å²) in [5.41, 5.74) is 9.62. The number of amides is 1. The fourth-order valence-corrected chi connectivity index (χ4v) is 4.24. The molecule has 1 aromatic carbocycles. The summed E-state index contributed by atoms with van der Waals surface area (Å²) < 4.78 is 9.03. The molecule has 1 aliphatic heterocycles. The number of hydrogen-bond acceptors (Lipinski definition) is 5. The highest BCUT2D eigenvalue weighted by atomic mass is 16.5. The molecule has 3 aromatic heterocycles. The van der Waals surface area contributed by atoms with Gasteiger partial charge < -0.3 is 15.8 Å². The van der Waals surface area contributed by atoms with Crippen LogP contribution in [0, 0.1) is 6.92 Å². The van der Waals surface area contributed by atoms with Crippen molar-refractivity contribution in [2.45, 2.75) is 39.0 Å². The lowest BCUT2D eigenvalue weighted by Gasteiger charge is -2.15. The number of benzene rings is 1. The number of pyridine rings is 2. The van der Waals surface area contributed by atoms with E-state index in [0.29, 0.717) is 36.4 Å². The van der Waals surface area contributed by atoms with Gasteiger partial charge in [0.15, 0.2) is 0 Å². The van der Waals surface area contributed by atoms with E-state index in [1.165, 1.54) is 4.40 Å². The number of carbonyl (C=O) groups is 1. The molecule has 8 nitrogen and oxygen atoms in total. The molecule has 0 aliphatic carbocycles. The molecule has 1 amide bonds. The van der Waals surface area contributed by atoms with Gasteiger partial charge in [-0.05, 0) is 43.5 Å². The molecular formula is C25H26N5O3+. The number of carbonyl (C=O) groups excluding carboxylic acids is 1. The molecule has 1 atom stereocenters. The van der Waals surface area contributed by atoms with Gasteiger partial charge in [0, 0.05) is 19.3 Å². The third-order valence-corrected chi connectivity index (χ3v) is 6.09. The molecule has 3 N–H and O–H groups in total. The van der Waals surface area contributed by atoms with Gasteiger partial charge in [-0.25, -0.2) is 4.57 Å². The van der Waals surface area contributed by atoms with E-state index in [-0.39, 0.29) is 29.0 Å². The molecule has 168 valence electrons. The van der Waals surface area contributed by atoms with Crippen molar-refractivity contribution in [3.63, 3.8) is 0 Å². The molecule has 0 spiro atoms. The fraction of sp³-hybridized carbons (Fsp3) is 0.280. The Bertz CT molecular complexity index is 1410. The highest BCUT2D eigenvalue weighted by Gasteiger charge is 2.27. The molecule has 1 fully saturated rings. The maximum Gasteiger partial charge on any atom is 0.278 e. The third-order valence-electron chi connectivity index (χ3n) is 6.09. The van der Waals surface area contributed by atoms with Crippen molar-refractivity contribution in [2.24, 2.45) is 0 Å². The first kappa shape index (κ1) is 21.1. The van der Waals surface area contributed by atoms with Gasteiger partial charge in [0.2, 0.25) is 11.5 Å².